The van der Waals surface area contributed by atoms with Gasteiger partial charge in [0, 0.05) is 6.42 Å². The van der Waals surface area contributed by atoms with E-state index in [0.29, 0.717) is 25.8 Å². The van der Waals surface area contributed by atoms with Gasteiger partial charge in [-0.25, -0.2) is 4.79 Å². The van der Waals surface area contributed by atoms with E-state index in [9.17, 15) is 34.2 Å². The first-order valence-corrected chi connectivity index (χ1v) is 10.4. The van der Waals surface area contributed by atoms with E-state index in [-0.39, 0.29) is 6.42 Å². The monoisotopic (exact) mass is 461 g/mol. The van der Waals surface area contributed by atoms with Gasteiger partial charge in [-0.05, 0) is 31.7 Å². The Balaban J connectivity index is 5.09. The number of nitrogens with two attached hydrogens (primary N) is 2. The summed E-state index contributed by atoms with van der Waals surface area (Å²) in [5.41, 5.74) is 11.1. The van der Waals surface area contributed by atoms with Crippen molar-refractivity contribution in [1.82, 2.24) is 16.0 Å². The Morgan fingerprint density at radius 2 is 1.44 bits per heavy atom. The third-order valence-corrected chi connectivity index (χ3v) is 4.63. The Morgan fingerprint density at radius 3 is 1.91 bits per heavy atom. The van der Waals surface area contributed by atoms with Gasteiger partial charge in [0.15, 0.2) is 0 Å². The van der Waals surface area contributed by atoms with E-state index < -0.39 is 72.8 Å². The van der Waals surface area contributed by atoms with Crippen LogP contribution in [0.4, 0.5) is 0 Å². The van der Waals surface area contributed by atoms with E-state index in [1.165, 1.54) is 0 Å². The predicted octanol–water partition coefficient (Wildman–Crippen LogP) is -2.51. The van der Waals surface area contributed by atoms with Gasteiger partial charge in [0.25, 0.3) is 0 Å². The van der Waals surface area contributed by atoms with Crippen LogP contribution in [0, 0.1) is 5.92 Å². The summed E-state index contributed by atoms with van der Waals surface area (Å²) in [4.78, 5) is 59.2. The second-order valence-corrected chi connectivity index (χ2v) is 7.70. The van der Waals surface area contributed by atoms with Crippen molar-refractivity contribution in [3.8, 4) is 0 Å². The van der Waals surface area contributed by atoms with Crippen molar-refractivity contribution < 1.29 is 39.3 Å². The molecule has 13 heteroatoms. The van der Waals surface area contributed by atoms with Crippen molar-refractivity contribution in [2.75, 3.05) is 13.2 Å². The molecule has 0 bridgehead atoms. The maximum absolute atomic E-state index is 12.6. The van der Waals surface area contributed by atoms with Gasteiger partial charge in [-0.3, -0.25) is 19.2 Å². The molecule has 0 aromatic carbocycles. The molecule has 3 amide bonds. The van der Waals surface area contributed by atoms with Crippen LogP contribution in [0.2, 0.25) is 0 Å². The predicted molar refractivity (Wildman–Crippen MR) is 113 cm³/mol. The summed E-state index contributed by atoms with van der Waals surface area (Å²) >= 11 is 0. The third-order valence-electron chi connectivity index (χ3n) is 4.63. The smallest absolute Gasteiger partial charge is 0.326 e. The van der Waals surface area contributed by atoms with E-state index in [1.807, 2.05) is 0 Å². The minimum absolute atomic E-state index is 0.340. The molecule has 0 fully saturated rings. The fourth-order valence-corrected chi connectivity index (χ4v) is 2.69. The van der Waals surface area contributed by atoms with Gasteiger partial charge >= 0.3 is 11.9 Å². The number of aliphatic carboxylic acids is 2. The molecule has 10 N–H and O–H groups in total. The van der Waals surface area contributed by atoms with Gasteiger partial charge in [0.2, 0.25) is 17.7 Å². The first kappa shape index (κ1) is 29.2. The summed E-state index contributed by atoms with van der Waals surface area (Å²) in [6.45, 7) is 2.89. The first-order chi connectivity index (χ1) is 14.9. The van der Waals surface area contributed by atoms with Crippen LogP contribution in [0.3, 0.4) is 0 Å². The van der Waals surface area contributed by atoms with E-state index in [2.05, 4.69) is 16.0 Å². The number of hydrogen-bond donors (Lipinski definition) is 8. The molecular weight excluding hydrogens is 426 g/mol. The number of rotatable bonds is 16. The number of carbonyl (C=O) groups excluding carboxylic acids is 3. The number of carboxylic acid groups (broad SMARTS) is 2. The molecule has 0 aliphatic rings. The number of carbonyl (C=O) groups is 5. The van der Waals surface area contributed by atoms with Gasteiger partial charge in [0.1, 0.15) is 18.1 Å². The molecule has 0 aliphatic carbocycles. The molecule has 0 radical (unpaired) electrons. The third kappa shape index (κ3) is 11.0. The number of nitrogens with one attached hydrogen (secondary N) is 3. The summed E-state index contributed by atoms with van der Waals surface area (Å²) < 4.78 is 0. The molecule has 32 heavy (non-hydrogen) atoms. The summed E-state index contributed by atoms with van der Waals surface area (Å²) in [6, 6.07) is -4.94. The average Bonchev–Trinajstić information content (AvgIpc) is 2.71. The highest BCUT2D eigenvalue weighted by molar-refractivity contribution is 5.94. The van der Waals surface area contributed by atoms with Crippen LogP contribution < -0.4 is 27.4 Å². The zero-order valence-electron chi connectivity index (χ0n) is 18.4. The maximum Gasteiger partial charge on any atom is 0.326 e. The normalized spacial score (nSPS) is 14.7. The Hall–Kier alpha value is -2.77. The van der Waals surface area contributed by atoms with Crippen molar-refractivity contribution in [3.05, 3.63) is 0 Å². The van der Waals surface area contributed by atoms with Gasteiger partial charge in [-0.2, -0.15) is 0 Å². The lowest BCUT2D eigenvalue weighted by Crippen LogP contribution is -2.59. The number of amides is 3. The lowest BCUT2D eigenvalue weighted by Gasteiger charge is -2.26. The quantitative estimate of drug-likeness (QED) is 0.112. The fraction of sp³-hybridized carbons (Fsp3) is 0.737. The molecule has 0 aromatic heterocycles. The van der Waals surface area contributed by atoms with Crippen LogP contribution >= 0.6 is 0 Å². The first-order valence-electron chi connectivity index (χ1n) is 10.4. The zero-order chi connectivity index (χ0) is 24.8. The van der Waals surface area contributed by atoms with Crippen molar-refractivity contribution in [2.45, 2.75) is 70.1 Å². The van der Waals surface area contributed by atoms with Crippen LogP contribution in [-0.2, 0) is 24.0 Å². The molecule has 0 aromatic rings. The van der Waals surface area contributed by atoms with Gasteiger partial charge in [0.05, 0.1) is 12.6 Å². The number of hydrogen-bond acceptors (Lipinski definition) is 8. The molecule has 0 aliphatic heterocycles. The standard InChI is InChI=1S/C19H35N5O8/c1-10(2)15(18(30)22-12(19(31)32)6-7-14(26)27)24-17(29)13(9-25)23-16(28)11(21)5-3-4-8-20/h10-13,15,25H,3-9,20-21H2,1-2H3,(H,22,30)(H,23,28)(H,24,29)(H,26,27)(H,31,32). The average molecular weight is 462 g/mol. The van der Waals surface area contributed by atoms with E-state index in [1.54, 1.807) is 13.8 Å². The van der Waals surface area contributed by atoms with Gasteiger partial charge in [-0.15, -0.1) is 0 Å². The Labute approximate surface area is 186 Å². The molecule has 4 unspecified atom stereocenters. The summed E-state index contributed by atoms with van der Waals surface area (Å²) in [5.74, 6) is -5.48. The summed E-state index contributed by atoms with van der Waals surface area (Å²) in [5, 5.41) is 34.3. The highest BCUT2D eigenvalue weighted by atomic mass is 16.4. The highest BCUT2D eigenvalue weighted by Crippen LogP contribution is 2.06. The molecule has 0 rings (SSSR count). The number of aliphatic hydroxyl groups excluding tert-OH is 1. The molecule has 13 nitrogen and oxygen atoms in total. The number of carboxylic acids is 2. The summed E-state index contributed by atoms with van der Waals surface area (Å²) in [6.07, 6.45) is 0.822. The SMILES string of the molecule is CC(C)C(NC(=O)C(CO)NC(=O)C(N)CCCCN)C(=O)NC(CCC(=O)O)C(=O)O. The summed E-state index contributed by atoms with van der Waals surface area (Å²) in [7, 11) is 0. The Kier molecular flexibility index (Phi) is 13.8. The largest absolute Gasteiger partial charge is 0.481 e. The topological polar surface area (TPSA) is 234 Å². The van der Waals surface area contributed by atoms with Crippen molar-refractivity contribution >= 4 is 29.7 Å². The minimum Gasteiger partial charge on any atom is -0.481 e. The molecule has 0 heterocycles. The number of unbranched alkanes of at least 4 members (excludes halogenated alkanes) is 1. The van der Waals surface area contributed by atoms with Crippen LogP contribution in [0.15, 0.2) is 0 Å². The van der Waals surface area contributed by atoms with Gasteiger partial charge < -0.3 is 42.7 Å². The highest BCUT2D eigenvalue weighted by Gasteiger charge is 2.31. The van der Waals surface area contributed by atoms with E-state index >= 15 is 0 Å². The number of aliphatic hydroxyl groups is 1. The van der Waals surface area contributed by atoms with Crippen LogP contribution in [-0.4, -0.2) is 82.3 Å². The fourth-order valence-electron chi connectivity index (χ4n) is 2.69. The lowest BCUT2D eigenvalue weighted by molar-refractivity contribution is -0.143. The van der Waals surface area contributed by atoms with Crippen molar-refractivity contribution in [1.29, 1.82) is 0 Å². The van der Waals surface area contributed by atoms with Crippen LogP contribution in [0.5, 0.6) is 0 Å². The second-order valence-electron chi connectivity index (χ2n) is 7.70. The minimum atomic E-state index is -1.46. The van der Waals surface area contributed by atoms with Crippen LogP contribution in [0.25, 0.3) is 0 Å². The molecule has 184 valence electrons. The van der Waals surface area contributed by atoms with E-state index in [4.69, 9.17) is 16.6 Å². The lowest BCUT2D eigenvalue weighted by atomic mass is 10.0. The van der Waals surface area contributed by atoms with Crippen LogP contribution in [0.1, 0.15) is 46.0 Å². The molecule has 0 saturated carbocycles. The van der Waals surface area contributed by atoms with Gasteiger partial charge in [-0.1, -0.05) is 20.3 Å². The Morgan fingerprint density at radius 1 is 0.844 bits per heavy atom. The maximum atomic E-state index is 12.6. The molecular formula is C19H35N5O8. The van der Waals surface area contributed by atoms with E-state index in [0.717, 1.165) is 0 Å². The van der Waals surface area contributed by atoms with Crippen molar-refractivity contribution in [3.63, 3.8) is 0 Å². The second kappa shape index (κ2) is 15.1. The zero-order valence-corrected chi connectivity index (χ0v) is 18.4. The molecule has 0 spiro atoms. The van der Waals surface area contributed by atoms with Crippen molar-refractivity contribution in [2.24, 2.45) is 17.4 Å². The Bertz CT molecular complexity index is 658. The molecule has 0 saturated heterocycles. The molecule has 4 atom stereocenters.